The van der Waals surface area contributed by atoms with Crippen molar-refractivity contribution in [2.24, 2.45) is 0 Å². The summed E-state index contributed by atoms with van der Waals surface area (Å²) in [5, 5.41) is 9.96. The van der Waals surface area contributed by atoms with E-state index < -0.39 is 12.0 Å². The van der Waals surface area contributed by atoms with Crippen LogP contribution < -0.4 is 5.48 Å². The van der Waals surface area contributed by atoms with E-state index in [0.29, 0.717) is 0 Å². The predicted molar refractivity (Wildman–Crippen MR) is 63.7 cm³/mol. The first kappa shape index (κ1) is 12.1. The molecule has 0 radical (unpaired) electrons. The highest BCUT2D eigenvalue weighted by Gasteiger charge is 2.20. The monoisotopic (exact) mass is 248 g/mol. The van der Waals surface area contributed by atoms with E-state index in [0.717, 1.165) is 16.5 Å². The van der Waals surface area contributed by atoms with Crippen LogP contribution in [0.3, 0.4) is 0 Å². The van der Waals surface area contributed by atoms with Crippen molar-refractivity contribution in [3.8, 4) is 0 Å². The fourth-order valence-corrected chi connectivity index (χ4v) is 1.81. The largest absolute Gasteiger partial charge is 0.480 e. The maximum atomic E-state index is 11.0. The van der Waals surface area contributed by atoms with Crippen LogP contribution in [0.25, 0.3) is 10.9 Å². The second-order valence-corrected chi connectivity index (χ2v) is 3.79. The zero-order valence-corrected chi connectivity index (χ0v) is 9.42. The van der Waals surface area contributed by atoms with Crippen LogP contribution in [0.1, 0.15) is 5.56 Å². The Morgan fingerprint density at radius 2 is 2.28 bits per heavy atom. The van der Waals surface area contributed by atoms with E-state index in [2.05, 4.69) is 15.3 Å². The Labute approximate surface area is 103 Å². The van der Waals surface area contributed by atoms with Crippen LogP contribution >= 0.6 is 0 Å². The van der Waals surface area contributed by atoms with Gasteiger partial charge >= 0.3 is 12.4 Å². The van der Waals surface area contributed by atoms with Crippen molar-refractivity contribution >= 4 is 23.3 Å². The van der Waals surface area contributed by atoms with E-state index >= 15 is 0 Å². The molecular formula is C12H12N2O4. The topological polar surface area (TPSA) is 91.4 Å². The minimum atomic E-state index is -1.08. The van der Waals surface area contributed by atoms with Crippen LogP contribution in [0.15, 0.2) is 30.5 Å². The summed E-state index contributed by atoms with van der Waals surface area (Å²) in [6, 6.07) is 6.61. The van der Waals surface area contributed by atoms with Gasteiger partial charge in [0.15, 0.2) is 0 Å². The summed E-state index contributed by atoms with van der Waals surface area (Å²) in [5.74, 6) is -1.08. The van der Waals surface area contributed by atoms with Gasteiger partial charge in [0.05, 0.1) is 0 Å². The highest BCUT2D eigenvalue weighted by molar-refractivity contribution is 5.84. The van der Waals surface area contributed by atoms with Crippen LogP contribution in [0.5, 0.6) is 0 Å². The van der Waals surface area contributed by atoms with Gasteiger partial charge in [-0.05, 0) is 11.6 Å². The standard InChI is InChI=1S/C12H12N2O4/c15-7-18-14-11(12(16)17)5-8-6-13-10-4-2-1-3-9(8)10/h1-4,6-7,11,13-14H,5H2,(H,16,17)/t11-/m1/s1. The zero-order chi connectivity index (χ0) is 13.0. The number of nitrogens with one attached hydrogen (secondary N) is 2. The molecule has 0 aliphatic carbocycles. The summed E-state index contributed by atoms with van der Waals surface area (Å²) in [4.78, 5) is 28.4. The predicted octanol–water partition coefficient (Wildman–Crippen LogP) is 0.841. The quantitative estimate of drug-likeness (QED) is 0.520. The Morgan fingerprint density at radius 3 is 3.00 bits per heavy atom. The smallest absolute Gasteiger partial charge is 0.324 e. The van der Waals surface area contributed by atoms with Crippen molar-refractivity contribution in [3.05, 3.63) is 36.0 Å². The SMILES string of the molecule is O=CON[C@H](Cc1c[nH]c2ccccc12)C(=O)O. The van der Waals surface area contributed by atoms with Gasteiger partial charge < -0.3 is 14.9 Å². The number of hydroxylamine groups is 1. The molecule has 3 N–H and O–H groups in total. The average Bonchev–Trinajstić information content (AvgIpc) is 2.77. The first-order valence-corrected chi connectivity index (χ1v) is 5.35. The summed E-state index contributed by atoms with van der Waals surface area (Å²) >= 11 is 0. The van der Waals surface area contributed by atoms with E-state index in [1.807, 2.05) is 24.3 Å². The molecule has 0 amide bonds. The molecule has 0 saturated heterocycles. The van der Waals surface area contributed by atoms with Crippen molar-refractivity contribution in [2.75, 3.05) is 0 Å². The summed E-state index contributed by atoms with van der Waals surface area (Å²) in [5.41, 5.74) is 3.98. The molecule has 6 nitrogen and oxygen atoms in total. The third kappa shape index (κ3) is 2.49. The second-order valence-electron chi connectivity index (χ2n) is 3.79. The molecule has 0 aliphatic heterocycles. The minimum absolute atomic E-state index is 0.158. The third-order valence-electron chi connectivity index (χ3n) is 2.66. The lowest BCUT2D eigenvalue weighted by Crippen LogP contribution is -2.38. The number of para-hydroxylation sites is 1. The molecule has 6 heteroatoms. The van der Waals surface area contributed by atoms with Crippen molar-refractivity contribution in [1.29, 1.82) is 0 Å². The van der Waals surface area contributed by atoms with E-state index in [1.54, 1.807) is 6.20 Å². The Morgan fingerprint density at radius 1 is 1.50 bits per heavy atom. The van der Waals surface area contributed by atoms with Crippen LogP contribution in [0, 0.1) is 0 Å². The summed E-state index contributed by atoms with van der Waals surface area (Å²) in [6.07, 6.45) is 1.97. The van der Waals surface area contributed by atoms with Gasteiger partial charge in [0, 0.05) is 23.5 Å². The van der Waals surface area contributed by atoms with Gasteiger partial charge in [0.25, 0.3) is 0 Å². The normalized spacial score (nSPS) is 12.2. The number of fused-ring (bicyclic) bond motifs is 1. The van der Waals surface area contributed by atoms with Gasteiger partial charge in [0.2, 0.25) is 0 Å². The number of carboxylic acid groups (broad SMARTS) is 1. The lowest BCUT2D eigenvalue weighted by molar-refractivity contribution is -0.148. The molecule has 94 valence electrons. The number of aromatic nitrogens is 1. The lowest BCUT2D eigenvalue weighted by atomic mass is 10.1. The molecule has 0 bridgehead atoms. The number of benzene rings is 1. The molecule has 18 heavy (non-hydrogen) atoms. The van der Waals surface area contributed by atoms with Gasteiger partial charge in [-0.3, -0.25) is 9.59 Å². The molecule has 1 atom stereocenters. The lowest BCUT2D eigenvalue weighted by Gasteiger charge is -2.11. The van der Waals surface area contributed by atoms with Crippen LogP contribution in [-0.4, -0.2) is 28.6 Å². The Bertz CT molecular complexity index is 564. The number of H-pyrrole nitrogens is 1. The van der Waals surface area contributed by atoms with Gasteiger partial charge in [-0.1, -0.05) is 18.2 Å². The molecule has 1 aromatic heterocycles. The third-order valence-corrected chi connectivity index (χ3v) is 2.66. The zero-order valence-electron chi connectivity index (χ0n) is 9.42. The maximum absolute atomic E-state index is 11.0. The fourth-order valence-electron chi connectivity index (χ4n) is 1.81. The molecule has 0 spiro atoms. The van der Waals surface area contributed by atoms with Crippen LogP contribution in [-0.2, 0) is 20.8 Å². The molecule has 0 saturated carbocycles. The fraction of sp³-hybridized carbons (Fsp3) is 0.167. The Kier molecular flexibility index (Phi) is 3.59. The number of aliphatic carboxylic acids is 1. The molecule has 1 heterocycles. The molecule has 0 fully saturated rings. The summed E-state index contributed by atoms with van der Waals surface area (Å²) in [6.45, 7) is 0.158. The highest BCUT2D eigenvalue weighted by Crippen LogP contribution is 2.19. The highest BCUT2D eigenvalue weighted by atomic mass is 16.7. The Balaban J connectivity index is 2.20. The van der Waals surface area contributed by atoms with Gasteiger partial charge in [-0.25, -0.2) is 0 Å². The van der Waals surface area contributed by atoms with Crippen molar-refractivity contribution < 1.29 is 19.5 Å². The average molecular weight is 248 g/mol. The minimum Gasteiger partial charge on any atom is -0.480 e. The number of hydrogen-bond donors (Lipinski definition) is 3. The van der Waals surface area contributed by atoms with Crippen molar-refractivity contribution in [3.63, 3.8) is 0 Å². The summed E-state index contributed by atoms with van der Waals surface area (Å²) in [7, 11) is 0. The number of carbonyl (C=O) groups is 2. The molecule has 1 aromatic carbocycles. The van der Waals surface area contributed by atoms with Crippen LogP contribution in [0.4, 0.5) is 0 Å². The number of carboxylic acids is 1. The molecule has 2 rings (SSSR count). The number of rotatable bonds is 6. The second kappa shape index (κ2) is 5.33. The van der Waals surface area contributed by atoms with Crippen LogP contribution in [0.2, 0.25) is 0 Å². The molecule has 2 aromatic rings. The van der Waals surface area contributed by atoms with Gasteiger partial charge in [0.1, 0.15) is 6.04 Å². The van der Waals surface area contributed by atoms with E-state index in [1.165, 1.54) is 0 Å². The van der Waals surface area contributed by atoms with Crippen molar-refractivity contribution in [2.45, 2.75) is 12.5 Å². The van der Waals surface area contributed by atoms with Gasteiger partial charge in [-0.15, -0.1) is 5.48 Å². The molecule has 0 unspecified atom stereocenters. The Hall–Kier alpha value is -2.34. The number of aromatic amines is 1. The van der Waals surface area contributed by atoms with E-state index in [-0.39, 0.29) is 12.9 Å². The molecule has 0 aliphatic rings. The molecular weight excluding hydrogens is 236 g/mol. The van der Waals surface area contributed by atoms with E-state index in [9.17, 15) is 9.59 Å². The maximum Gasteiger partial charge on any atom is 0.324 e. The summed E-state index contributed by atoms with van der Waals surface area (Å²) < 4.78 is 0. The van der Waals surface area contributed by atoms with Gasteiger partial charge in [-0.2, -0.15) is 0 Å². The first-order valence-electron chi connectivity index (χ1n) is 5.35. The first-order chi connectivity index (χ1) is 8.72. The van der Waals surface area contributed by atoms with Crippen molar-refractivity contribution in [1.82, 2.24) is 10.5 Å². The number of carbonyl (C=O) groups excluding carboxylic acids is 1. The number of hydrogen-bond acceptors (Lipinski definition) is 4. The van der Waals surface area contributed by atoms with E-state index in [4.69, 9.17) is 5.11 Å².